The summed E-state index contributed by atoms with van der Waals surface area (Å²) in [5, 5.41) is 0. The predicted octanol–water partition coefficient (Wildman–Crippen LogP) is 4.17. The number of ketones is 1. The van der Waals surface area contributed by atoms with E-state index in [1.165, 1.54) is 51.6 Å². The first-order valence-electron chi connectivity index (χ1n) is 10.3. The number of unbranched alkanes of at least 4 members (excludes halogenated alkanes) is 1. The zero-order valence-electron chi connectivity index (χ0n) is 17.0. The SMILES string of the molecule is CCCCC(CC)C(C)=O.CN1CCC2(CCC(C(N)=O)CC2)CC1. The molecule has 0 bridgehead atoms. The van der Waals surface area contributed by atoms with Gasteiger partial charge in [0.15, 0.2) is 0 Å². The lowest BCUT2D eigenvalue weighted by Gasteiger charge is -2.44. The van der Waals surface area contributed by atoms with Gasteiger partial charge in [0.1, 0.15) is 5.78 Å². The van der Waals surface area contributed by atoms with Crippen molar-refractivity contribution in [1.82, 2.24) is 4.90 Å². The molecule has 1 saturated carbocycles. The number of nitrogens with two attached hydrogens (primary N) is 1. The number of likely N-dealkylation sites (tertiary alicyclic amines) is 1. The predicted molar refractivity (Wildman–Crippen MR) is 104 cm³/mol. The van der Waals surface area contributed by atoms with Crippen molar-refractivity contribution in [2.45, 2.75) is 85.0 Å². The third-order valence-corrected chi connectivity index (χ3v) is 6.47. The first-order valence-corrected chi connectivity index (χ1v) is 10.3. The van der Waals surface area contributed by atoms with Crippen molar-refractivity contribution in [3.05, 3.63) is 0 Å². The standard InChI is InChI=1S/C12H22N2O.C9H18O/c1-14-8-6-12(7-9-14)4-2-10(3-5-12)11(13)15;1-4-6-7-9(5-2)8(3)10/h10H,2-9H2,1H3,(H2,13,15);9H,4-7H2,1-3H3. The summed E-state index contributed by atoms with van der Waals surface area (Å²) in [5.74, 6) is 0.768. The number of hydrogen-bond acceptors (Lipinski definition) is 3. The molecule has 1 unspecified atom stereocenters. The Kier molecular flexibility index (Phi) is 9.70. The number of carbonyl (C=O) groups excluding carboxylic acids is 2. The number of hydrogen-bond donors (Lipinski definition) is 1. The third-order valence-electron chi connectivity index (χ3n) is 6.47. The van der Waals surface area contributed by atoms with E-state index >= 15 is 0 Å². The lowest BCUT2D eigenvalue weighted by atomic mass is 9.65. The van der Waals surface area contributed by atoms with Crippen LogP contribution >= 0.6 is 0 Å². The second kappa shape index (κ2) is 10.9. The molecule has 4 nitrogen and oxygen atoms in total. The van der Waals surface area contributed by atoms with Crippen LogP contribution in [0.5, 0.6) is 0 Å². The van der Waals surface area contributed by atoms with Crippen LogP contribution in [-0.2, 0) is 9.59 Å². The highest BCUT2D eigenvalue weighted by molar-refractivity contribution is 5.78. The van der Waals surface area contributed by atoms with E-state index in [1.807, 2.05) is 0 Å². The average molecular weight is 353 g/mol. The molecule has 1 saturated heterocycles. The molecule has 1 heterocycles. The fraction of sp³-hybridized carbons (Fsp3) is 0.905. The number of Topliss-reactive ketones (excluding diaryl/α,β-unsaturated/α-hetero) is 1. The van der Waals surface area contributed by atoms with E-state index in [-0.39, 0.29) is 11.8 Å². The Balaban J connectivity index is 0.000000275. The topological polar surface area (TPSA) is 63.4 Å². The minimum Gasteiger partial charge on any atom is -0.369 e. The lowest BCUT2D eigenvalue weighted by molar-refractivity contribution is -0.124. The molecule has 146 valence electrons. The van der Waals surface area contributed by atoms with Gasteiger partial charge in [-0.1, -0.05) is 26.7 Å². The van der Waals surface area contributed by atoms with Gasteiger partial charge in [0.2, 0.25) is 5.91 Å². The highest BCUT2D eigenvalue weighted by atomic mass is 16.1. The van der Waals surface area contributed by atoms with E-state index in [0.717, 1.165) is 25.7 Å². The summed E-state index contributed by atoms with van der Waals surface area (Å²) in [6.45, 7) is 8.39. The molecule has 2 aliphatic rings. The highest BCUT2D eigenvalue weighted by Crippen LogP contribution is 2.45. The summed E-state index contributed by atoms with van der Waals surface area (Å²) in [7, 11) is 2.20. The molecule has 4 heteroatoms. The van der Waals surface area contributed by atoms with Crippen LogP contribution < -0.4 is 5.73 Å². The van der Waals surface area contributed by atoms with Crippen LogP contribution in [0, 0.1) is 17.3 Å². The maximum Gasteiger partial charge on any atom is 0.220 e. The zero-order valence-corrected chi connectivity index (χ0v) is 17.0. The van der Waals surface area contributed by atoms with Gasteiger partial charge in [0, 0.05) is 11.8 Å². The van der Waals surface area contributed by atoms with Crippen molar-refractivity contribution in [1.29, 1.82) is 0 Å². The summed E-state index contributed by atoms with van der Waals surface area (Å²) < 4.78 is 0. The van der Waals surface area contributed by atoms with Gasteiger partial charge >= 0.3 is 0 Å². The van der Waals surface area contributed by atoms with Crippen LogP contribution in [0.4, 0.5) is 0 Å². The van der Waals surface area contributed by atoms with Gasteiger partial charge < -0.3 is 10.6 Å². The molecule has 1 atom stereocenters. The van der Waals surface area contributed by atoms with Crippen molar-refractivity contribution >= 4 is 11.7 Å². The van der Waals surface area contributed by atoms with Crippen LogP contribution in [0.2, 0.25) is 0 Å². The Bertz CT molecular complexity index is 404. The molecular weight excluding hydrogens is 312 g/mol. The molecule has 25 heavy (non-hydrogen) atoms. The second-order valence-corrected chi connectivity index (χ2v) is 8.34. The fourth-order valence-electron chi connectivity index (χ4n) is 4.25. The second-order valence-electron chi connectivity index (χ2n) is 8.34. The van der Waals surface area contributed by atoms with Crippen LogP contribution in [-0.4, -0.2) is 36.7 Å². The first-order chi connectivity index (χ1) is 11.8. The van der Waals surface area contributed by atoms with Crippen LogP contribution in [0.25, 0.3) is 0 Å². The van der Waals surface area contributed by atoms with Crippen molar-refractivity contribution in [3.8, 4) is 0 Å². The Morgan fingerprint density at radius 3 is 2.08 bits per heavy atom. The Morgan fingerprint density at radius 1 is 1.12 bits per heavy atom. The molecule has 2 fully saturated rings. The third kappa shape index (κ3) is 7.47. The largest absolute Gasteiger partial charge is 0.369 e. The molecule has 1 aliphatic heterocycles. The number of rotatable bonds is 6. The number of amides is 1. The smallest absolute Gasteiger partial charge is 0.220 e. The normalized spacial score (nSPS) is 22.1. The number of piperidine rings is 1. The quantitative estimate of drug-likeness (QED) is 0.780. The molecule has 1 spiro atoms. The fourth-order valence-corrected chi connectivity index (χ4v) is 4.25. The summed E-state index contributed by atoms with van der Waals surface area (Å²) in [4.78, 5) is 24.4. The van der Waals surface area contributed by atoms with Crippen LogP contribution in [0.1, 0.15) is 85.0 Å². The molecule has 1 amide bonds. The lowest BCUT2D eigenvalue weighted by Crippen LogP contribution is -2.41. The van der Waals surface area contributed by atoms with Crippen molar-refractivity contribution in [3.63, 3.8) is 0 Å². The molecule has 0 aromatic rings. The van der Waals surface area contributed by atoms with Gasteiger partial charge in [0.05, 0.1) is 0 Å². The zero-order chi connectivity index (χ0) is 18.9. The van der Waals surface area contributed by atoms with Gasteiger partial charge in [-0.05, 0) is 83.8 Å². The molecule has 2 rings (SSSR count). The van der Waals surface area contributed by atoms with Gasteiger partial charge in [0.25, 0.3) is 0 Å². The number of primary amides is 1. The molecule has 0 aromatic heterocycles. The monoisotopic (exact) mass is 352 g/mol. The maximum absolute atomic E-state index is 11.1. The van der Waals surface area contributed by atoms with Crippen LogP contribution in [0.15, 0.2) is 0 Å². The van der Waals surface area contributed by atoms with E-state index < -0.39 is 0 Å². The first kappa shape index (κ1) is 22.1. The molecule has 2 N–H and O–H groups in total. The number of nitrogens with zero attached hydrogens (tertiary/aromatic N) is 1. The maximum atomic E-state index is 11.1. The average Bonchev–Trinajstić information content (AvgIpc) is 2.59. The molecule has 1 aliphatic carbocycles. The molecular formula is C21H40N2O2. The summed E-state index contributed by atoms with van der Waals surface area (Å²) in [5.41, 5.74) is 5.91. The van der Waals surface area contributed by atoms with E-state index in [1.54, 1.807) is 6.92 Å². The molecule has 0 aromatic carbocycles. The summed E-state index contributed by atoms with van der Waals surface area (Å²) in [6, 6.07) is 0. The van der Waals surface area contributed by atoms with E-state index in [0.29, 0.717) is 17.1 Å². The van der Waals surface area contributed by atoms with Crippen LogP contribution in [0.3, 0.4) is 0 Å². The Labute approximate surface area is 154 Å². The van der Waals surface area contributed by atoms with Gasteiger partial charge in [-0.2, -0.15) is 0 Å². The van der Waals surface area contributed by atoms with Crippen molar-refractivity contribution in [2.75, 3.05) is 20.1 Å². The van der Waals surface area contributed by atoms with E-state index in [4.69, 9.17) is 5.73 Å². The van der Waals surface area contributed by atoms with Crippen molar-refractivity contribution in [2.24, 2.45) is 23.0 Å². The van der Waals surface area contributed by atoms with Gasteiger partial charge in [-0.3, -0.25) is 9.59 Å². The highest BCUT2D eigenvalue weighted by Gasteiger charge is 2.38. The Morgan fingerprint density at radius 2 is 1.68 bits per heavy atom. The van der Waals surface area contributed by atoms with Gasteiger partial charge in [-0.25, -0.2) is 0 Å². The summed E-state index contributed by atoms with van der Waals surface area (Å²) >= 11 is 0. The van der Waals surface area contributed by atoms with Gasteiger partial charge in [-0.15, -0.1) is 0 Å². The number of carbonyl (C=O) groups is 2. The van der Waals surface area contributed by atoms with E-state index in [2.05, 4.69) is 25.8 Å². The minimum absolute atomic E-state index is 0.0854. The van der Waals surface area contributed by atoms with E-state index in [9.17, 15) is 9.59 Å². The Hall–Kier alpha value is -0.900. The minimum atomic E-state index is -0.0854. The summed E-state index contributed by atoms with van der Waals surface area (Å²) in [6.07, 6.45) is 11.6. The molecule has 0 radical (unpaired) electrons. The van der Waals surface area contributed by atoms with Crippen molar-refractivity contribution < 1.29 is 9.59 Å².